The molecule has 0 spiro atoms. The highest BCUT2D eigenvalue weighted by Gasteiger charge is 2.29. The summed E-state index contributed by atoms with van der Waals surface area (Å²) in [5.41, 5.74) is 0. The van der Waals surface area contributed by atoms with E-state index in [-0.39, 0.29) is 24.5 Å². The van der Waals surface area contributed by atoms with Crippen LogP contribution in [0.2, 0.25) is 0 Å². The highest BCUT2D eigenvalue weighted by molar-refractivity contribution is 5.76. The number of carbonyl (C=O) groups is 2. The summed E-state index contributed by atoms with van der Waals surface area (Å²) in [5, 5.41) is 8.94. The van der Waals surface area contributed by atoms with Gasteiger partial charge in [-0.25, -0.2) is 4.79 Å². The van der Waals surface area contributed by atoms with Crippen molar-refractivity contribution in [3.05, 3.63) is 0 Å². The normalized spacial score (nSPS) is 12.6. The lowest BCUT2D eigenvalue weighted by atomic mass is 10.1. The van der Waals surface area contributed by atoms with Gasteiger partial charge in [-0.15, -0.1) is 0 Å². The molecule has 0 aromatic rings. The van der Waals surface area contributed by atoms with Crippen molar-refractivity contribution < 1.29 is 14.7 Å². The van der Waals surface area contributed by atoms with Crippen molar-refractivity contribution in [2.45, 2.75) is 72.9 Å². The van der Waals surface area contributed by atoms with Gasteiger partial charge in [0.25, 0.3) is 0 Å². The molecule has 0 rings (SSSR count). The van der Waals surface area contributed by atoms with Crippen LogP contribution in [0.5, 0.6) is 0 Å². The quantitative estimate of drug-likeness (QED) is 0.709. The van der Waals surface area contributed by atoms with Crippen molar-refractivity contribution in [1.82, 2.24) is 9.80 Å². The molecule has 0 aromatic carbocycles. The third-order valence-electron chi connectivity index (χ3n) is 3.78. The Labute approximate surface area is 129 Å². The van der Waals surface area contributed by atoms with Gasteiger partial charge in [0.15, 0.2) is 0 Å². The molecule has 0 aliphatic carbocycles. The number of nitrogens with zero attached hydrogens (tertiary/aromatic N) is 2. The molecule has 2 amide bonds. The van der Waals surface area contributed by atoms with E-state index in [1.54, 1.807) is 11.8 Å². The predicted molar refractivity (Wildman–Crippen MR) is 85.4 cm³/mol. The maximum Gasteiger partial charge on any atom is 0.320 e. The number of rotatable bonds is 9. The Kier molecular flexibility index (Phi) is 9.06. The first-order valence-corrected chi connectivity index (χ1v) is 8.07. The fourth-order valence-corrected chi connectivity index (χ4v) is 2.67. The van der Waals surface area contributed by atoms with E-state index in [1.807, 2.05) is 11.8 Å². The maximum atomic E-state index is 12.9. The number of hydrogen-bond acceptors (Lipinski definition) is 2. The minimum absolute atomic E-state index is 0.0159. The van der Waals surface area contributed by atoms with Gasteiger partial charge in [0.1, 0.15) is 0 Å². The number of carboxylic acid groups (broad SMARTS) is 1. The molecule has 0 aliphatic heterocycles. The van der Waals surface area contributed by atoms with Crippen molar-refractivity contribution in [3.8, 4) is 0 Å². The highest BCUT2D eigenvalue weighted by Crippen LogP contribution is 2.16. The van der Waals surface area contributed by atoms with Gasteiger partial charge in [-0.05, 0) is 32.6 Å². The summed E-state index contributed by atoms with van der Waals surface area (Å²) in [6.45, 7) is 13.3. The van der Waals surface area contributed by atoms with E-state index in [1.165, 1.54) is 0 Å². The monoisotopic (exact) mass is 300 g/mol. The van der Waals surface area contributed by atoms with E-state index in [2.05, 4.69) is 27.7 Å². The van der Waals surface area contributed by atoms with E-state index in [0.29, 0.717) is 19.0 Å². The molecular weight excluding hydrogens is 268 g/mol. The van der Waals surface area contributed by atoms with Crippen LogP contribution < -0.4 is 0 Å². The molecule has 0 fully saturated rings. The van der Waals surface area contributed by atoms with Crippen LogP contribution in [0.15, 0.2) is 0 Å². The first kappa shape index (κ1) is 19.7. The Bertz CT molecular complexity index is 327. The first-order chi connectivity index (χ1) is 9.78. The van der Waals surface area contributed by atoms with Gasteiger partial charge in [0, 0.05) is 25.2 Å². The van der Waals surface area contributed by atoms with Crippen LogP contribution in [0.3, 0.4) is 0 Å². The number of aliphatic carboxylic acids is 1. The van der Waals surface area contributed by atoms with Gasteiger partial charge >= 0.3 is 12.0 Å². The summed E-state index contributed by atoms with van der Waals surface area (Å²) in [4.78, 5) is 27.3. The van der Waals surface area contributed by atoms with Crippen molar-refractivity contribution in [3.63, 3.8) is 0 Å². The van der Waals surface area contributed by atoms with Gasteiger partial charge < -0.3 is 14.9 Å². The van der Waals surface area contributed by atoms with E-state index >= 15 is 0 Å². The molecular formula is C16H32N2O3. The average Bonchev–Trinajstić information content (AvgIpc) is 2.38. The Morgan fingerprint density at radius 2 is 1.52 bits per heavy atom. The van der Waals surface area contributed by atoms with E-state index in [0.717, 1.165) is 12.8 Å². The number of amides is 2. The summed E-state index contributed by atoms with van der Waals surface area (Å²) in [5.74, 6) is -0.477. The maximum absolute atomic E-state index is 12.9. The molecule has 0 bridgehead atoms. The number of hydrogen-bond donors (Lipinski definition) is 1. The number of carbonyl (C=O) groups excluding carboxylic acids is 1. The molecule has 1 unspecified atom stereocenters. The van der Waals surface area contributed by atoms with Gasteiger partial charge in [-0.3, -0.25) is 4.79 Å². The van der Waals surface area contributed by atoms with Crippen LogP contribution in [0, 0.1) is 5.92 Å². The number of urea groups is 1. The topological polar surface area (TPSA) is 60.9 Å². The minimum Gasteiger partial charge on any atom is -0.481 e. The Morgan fingerprint density at radius 1 is 1.00 bits per heavy atom. The predicted octanol–water partition coefficient (Wildman–Crippen LogP) is 3.44. The van der Waals surface area contributed by atoms with E-state index in [9.17, 15) is 9.59 Å². The third-order valence-corrected chi connectivity index (χ3v) is 3.78. The third kappa shape index (κ3) is 6.36. The zero-order valence-corrected chi connectivity index (χ0v) is 14.4. The zero-order chi connectivity index (χ0) is 16.6. The summed E-state index contributed by atoms with van der Waals surface area (Å²) in [6.07, 6.45) is 1.82. The Morgan fingerprint density at radius 3 is 1.86 bits per heavy atom. The number of carboxylic acids is 1. The summed E-state index contributed by atoms with van der Waals surface area (Å²) in [6, 6.07) is -0.108. The summed E-state index contributed by atoms with van der Waals surface area (Å²) >= 11 is 0. The van der Waals surface area contributed by atoms with Gasteiger partial charge in [0.2, 0.25) is 0 Å². The lowest BCUT2D eigenvalue weighted by Crippen LogP contribution is -2.52. The van der Waals surface area contributed by atoms with Gasteiger partial charge in [-0.1, -0.05) is 27.7 Å². The summed E-state index contributed by atoms with van der Waals surface area (Å²) < 4.78 is 0. The highest BCUT2D eigenvalue weighted by atomic mass is 16.4. The van der Waals surface area contributed by atoms with Crippen molar-refractivity contribution in [1.29, 1.82) is 0 Å². The molecule has 0 saturated heterocycles. The lowest BCUT2D eigenvalue weighted by Gasteiger charge is -2.38. The van der Waals surface area contributed by atoms with E-state index < -0.39 is 5.97 Å². The second-order valence-electron chi connectivity index (χ2n) is 6.03. The molecule has 0 aliphatic rings. The molecule has 0 saturated carbocycles. The SMILES string of the molecule is CCC(CC)N(CC(C)C)C(=O)N(CC)C(C)CC(=O)O. The zero-order valence-electron chi connectivity index (χ0n) is 14.4. The van der Waals surface area contributed by atoms with E-state index in [4.69, 9.17) is 5.11 Å². The largest absolute Gasteiger partial charge is 0.481 e. The molecule has 0 aromatic heterocycles. The molecule has 0 radical (unpaired) electrons. The lowest BCUT2D eigenvalue weighted by molar-refractivity contribution is -0.138. The van der Waals surface area contributed by atoms with Crippen LogP contribution >= 0.6 is 0 Å². The minimum atomic E-state index is -0.869. The Hall–Kier alpha value is -1.26. The fourth-order valence-electron chi connectivity index (χ4n) is 2.67. The molecule has 21 heavy (non-hydrogen) atoms. The molecule has 1 N–H and O–H groups in total. The average molecular weight is 300 g/mol. The van der Waals surface area contributed by atoms with Gasteiger partial charge in [-0.2, -0.15) is 0 Å². The van der Waals surface area contributed by atoms with Crippen LogP contribution in [-0.4, -0.2) is 52.1 Å². The van der Waals surface area contributed by atoms with Gasteiger partial charge in [0.05, 0.1) is 6.42 Å². The smallest absolute Gasteiger partial charge is 0.320 e. The fraction of sp³-hybridized carbons (Fsp3) is 0.875. The van der Waals surface area contributed by atoms with Crippen molar-refractivity contribution in [2.75, 3.05) is 13.1 Å². The van der Waals surface area contributed by atoms with Crippen molar-refractivity contribution >= 4 is 12.0 Å². The standard InChI is InChI=1S/C16H32N2O3/c1-7-14(8-2)18(11-12(4)5)16(21)17(9-3)13(6)10-15(19)20/h12-14H,7-11H2,1-6H3,(H,19,20). The van der Waals surface area contributed by atoms with Crippen LogP contribution in [-0.2, 0) is 4.79 Å². The summed E-state index contributed by atoms with van der Waals surface area (Å²) in [7, 11) is 0. The molecule has 0 heterocycles. The van der Waals surface area contributed by atoms with Crippen LogP contribution in [0.1, 0.15) is 60.8 Å². The molecule has 5 nitrogen and oxygen atoms in total. The molecule has 124 valence electrons. The van der Waals surface area contributed by atoms with Crippen LogP contribution in [0.25, 0.3) is 0 Å². The van der Waals surface area contributed by atoms with Crippen LogP contribution in [0.4, 0.5) is 4.79 Å². The molecule has 5 heteroatoms. The Balaban J connectivity index is 5.16. The van der Waals surface area contributed by atoms with Crippen molar-refractivity contribution in [2.24, 2.45) is 5.92 Å². The molecule has 1 atom stereocenters. The second kappa shape index (κ2) is 9.64. The first-order valence-electron chi connectivity index (χ1n) is 8.07. The second-order valence-corrected chi connectivity index (χ2v) is 6.03.